The Hall–Kier alpha value is -1.49. The van der Waals surface area contributed by atoms with E-state index in [0.717, 1.165) is 0 Å². The molecule has 0 aliphatic heterocycles. The molecule has 1 rings (SSSR count). The van der Waals surface area contributed by atoms with Crippen LogP contribution >= 0.6 is 11.6 Å². The van der Waals surface area contributed by atoms with Crippen LogP contribution in [0.4, 0.5) is 0 Å². The zero-order chi connectivity index (χ0) is 13.2. The topological polar surface area (TPSA) is 71.3 Å². The van der Waals surface area contributed by atoms with Gasteiger partial charge in [0, 0.05) is 12.7 Å². The van der Waals surface area contributed by atoms with Gasteiger partial charge < -0.3 is 15.0 Å². The number of aliphatic carboxylic acids is 1. The molecule has 0 unspecified atom stereocenters. The Morgan fingerprint density at radius 3 is 2.59 bits per heavy atom. The molecule has 0 fully saturated rings. The molecule has 0 atom stereocenters. The molecule has 0 bridgehead atoms. The number of carboxylic acid groups (broad SMARTS) is 1. The molecule has 0 aromatic carbocycles. The Morgan fingerprint density at radius 2 is 2.12 bits per heavy atom. The molecule has 0 aliphatic carbocycles. The van der Waals surface area contributed by atoms with E-state index in [1.54, 1.807) is 10.8 Å². The predicted molar refractivity (Wildman–Crippen MR) is 64.3 cm³/mol. The van der Waals surface area contributed by atoms with Crippen LogP contribution in [-0.2, 0) is 11.3 Å². The molecular formula is C11H15ClN2O3. The van der Waals surface area contributed by atoms with Crippen molar-refractivity contribution < 1.29 is 14.7 Å². The van der Waals surface area contributed by atoms with Crippen molar-refractivity contribution in [3.8, 4) is 0 Å². The van der Waals surface area contributed by atoms with E-state index >= 15 is 0 Å². The number of aromatic nitrogens is 1. The standard InChI is InChI=1S/C11H15ClN2O3/c1-4-14-6-7(12)5-8(14)9(15)13-11(2,3)10(16)17/h5-6H,4H2,1-3H3,(H,13,15)(H,16,17). The van der Waals surface area contributed by atoms with Crippen molar-refractivity contribution >= 4 is 23.5 Å². The number of amides is 1. The van der Waals surface area contributed by atoms with Crippen LogP contribution in [0.25, 0.3) is 0 Å². The average molecular weight is 259 g/mol. The van der Waals surface area contributed by atoms with Crippen molar-refractivity contribution in [2.24, 2.45) is 0 Å². The Bertz CT molecular complexity index is 452. The Balaban J connectivity index is 2.94. The van der Waals surface area contributed by atoms with Gasteiger partial charge in [-0.05, 0) is 26.8 Å². The molecule has 1 amide bonds. The molecule has 6 heteroatoms. The second kappa shape index (κ2) is 4.79. The number of carbonyl (C=O) groups excluding carboxylic acids is 1. The highest BCUT2D eigenvalue weighted by Gasteiger charge is 2.30. The van der Waals surface area contributed by atoms with Gasteiger partial charge in [0.05, 0.1) is 5.02 Å². The van der Waals surface area contributed by atoms with Crippen molar-refractivity contribution in [3.05, 3.63) is 23.0 Å². The molecule has 0 spiro atoms. The van der Waals surface area contributed by atoms with Crippen LogP contribution in [0.15, 0.2) is 12.3 Å². The average Bonchev–Trinajstić information content (AvgIpc) is 2.58. The number of aryl methyl sites for hydroxylation is 1. The van der Waals surface area contributed by atoms with Gasteiger partial charge in [0.25, 0.3) is 5.91 Å². The zero-order valence-corrected chi connectivity index (χ0v) is 10.7. The molecular weight excluding hydrogens is 244 g/mol. The Labute approximate surface area is 104 Å². The lowest BCUT2D eigenvalue weighted by Crippen LogP contribution is -2.50. The maximum absolute atomic E-state index is 11.9. The second-order valence-corrected chi connectivity index (χ2v) is 4.65. The third-order valence-electron chi connectivity index (χ3n) is 2.40. The van der Waals surface area contributed by atoms with Crippen LogP contribution in [0.5, 0.6) is 0 Å². The zero-order valence-electron chi connectivity index (χ0n) is 9.95. The SMILES string of the molecule is CCn1cc(Cl)cc1C(=O)NC(C)(C)C(=O)O. The van der Waals surface area contributed by atoms with Crippen molar-refractivity contribution in [1.82, 2.24) is 9.88 Å². The van der Waals surface area contributed by atoms with E-state index < -0.39 is 17.4 Å². The molecule has 0 aliphatic rings. The summed E-state index contributed by atoms with van der Waals surface area (Å²) in [5.74, 6) is -1.54. The van der Waals surface area contributed by atoms with Gasteiger partial charge in [-0.25, -0.2) is 4.79 Å². The van der Waals surface area contributed by atoms with Crippen LogP contribution in [-0.4, -0.2) is 27.1 Å². The van der Waals surface area contributed by atoms with Gasteiger partial charge in [0.15, 0.2) is 0 Å². The highest BCUT2D eigenvalue weighted by atomic mass is 35.5. The van der Waals surface area contributed by atoms with E-state index in [2.05, 4.69) is 5.32 Å². The number of carbonyl (C=O) groups is 2. The van der Waals surface area contributed by atoms with Crippen LogP contribution in [0, 0.1) is 0 Å². The maximum atomic E-state index is 11.9. The van der Waals surface area contributed by atoms with Gasteiger partial charge in [-0.15, -0.1) is 0 Å². The number of halogens is 1. The summed E-state index contributed by atoms with van der Waals surface area (Å²) in [6, 6.07) is 1.51. The van der Waals surface area contributed by atoms with Crippen molar-refractivity contribution in [2.45, 2.75) is 32.9 Å². The molecule has 0 saturated carbocycles. The van der Waals surface area contributed by atoms with Crippen molar-refractivity contribution in [3.63, 3.8) is 0 Å². The fourth-order valence-electron chi connectivity index (χ4n) is 1.33. The monoisotopic (exact) mass is 258 g/mol. The number of rotatable bonds is 4. The molecule has 94 valence electrons. The number of nitrogens with zero attached hydrogens (tertiary/aromatic N) is 1. The highest BCUT2D eigenvalue weighted by Crippen LogP contribution is 2.15. The molecule has 2 N–H and O–H groups in total. The minimum Gasteiger partial charge on any atom is -0.480 e. The Kier molecular flexibility index (Phi) is 3.83. The summed E-state index contributed by atoms with van der Waals surface area (Å²) in [5, 5.41) is 11.8. The lowest BCUT2D eigenvalue weighted by molar-refractivity contribution is -0.143. The minimum absolute atomic E-state index is 0.354. The number of carboxylic acids is 1. The number of hydrogen-bond acceptors (Lipinski definition) is 2. The van der Waals surface area contributed by atoms with Gasteiger partial charge in [0.2, 0.25) is 0 Å². The third-order valence-corrected chi connectivity index (χ3v) is 2.60. The molecule has 1 aromatic rings. The quantitative estimate of drug-likeness (QED) is 0.864. The van der Waals surface area contributed by atoms with Crippen LogP contribution < -0.4 is 5.32 Å². The summed E-state index contributed by atoms with van der Waals surface area (Å²) in [7, 11) is 0. The number of hydrogen-bond donors (Lipinski definition) is 2. The van der Waals surface area contributed by atoms with E-state index in [0.29, 0.717) is 17.3 Å². The summed E-state index contributed by atoms with van der Waals surface area (Å²) in [6.45, 7) is 5.31. The van der Waals surface area contributed by atoms with E-state index in [4.69, 9.17) is 16.7 Å². The van der Waals surface area contributed by atoms with Gasteiger partial charge in [-0.1, -0.05) is 11.6 Å². The first-order valence-electron chi connectivity index (χ1n) is 5.19. The fraction of sp³-hybridized carbons (Fsp3) is 0.455. The molecule has 5 nitrogen and oxygen atoms in total. The van der Waals surface area contributed by atoms with Gasteiger partial charge in [0.1, 0.15) is 11.2 Å². The van der Waals surface area contributed by atoms with Gasteiger partial charge in [-0.2, -0.15) is 0 Å². The lowest BCUT2D eigenvalue weighted by atomic mass is 10.1. The van der Waals surface area contributed by atoms with Gasteiger partial charge >= 0.3 is 5.97 Å². The van der Waals surface area contributed by atoms with E-state index in [-0.39, 0.29) is 0 Å². The molecule has 1 aromatic heterocycles. The normalized spacial score (nSPS) is 11.3. The van der Waals surface area contributed by atoms with Gasteiger partial charge in [-0.3, -0.25) is 4.79 Å². The van der Waals surface area contributed by atoms with Crippen LogP contribution in [0.1, 0.15) is 31.3 Å². The van der Waals surface area contributed by atoms with Crippen LogP contribution in [0.2, 0.25) is 5.02 Å². The molecule has 17 heavy (non-hydrogen) atoms. The smallest absolute Gasteiger partial charge is 0.328 e. The summed E-state index contributed by atoms with van der Waals surface area (Å²) in [4.78, 5) is 22.8. The Morgan fingerprint density at radius 1 is 1.53 bits per heavy atom. The first-order chi connectivity index (χ1) is 7.77. The van der Waals surface area contributed by atoms with E-state index in [1.165, 1.54) is 19.9 Å². The number of nitrogens with one attached hydrogen (secondary N) is 1. The maximum Gasteiger partial charge on any atom is 0.328 e. The second-order valence-electron chi connectivity index (χ2n) is 4.21. The first-order valence-corrected chi connectivity index (χ1v) is 5.57. The first kappa shape index (κ1) is 13.6. The van der Waals surface area contributed by atoms with E-state index in [9.17, 15) is 9.59 Å². The van der Waals surface area contributed by atoms with Crippen molar-refractivity contribution in [2.75, 3.05) is 0 Å². The highest BCUT2D eigenvalue weighted by molar-refractivity contribution is 6.31. The lowest BCUT2D eigenvalue weighted by Gasteiger charge is -2.21. The van der Waals surface area contributed by atoms with Crippen molar-refractivity contribution in [1.29, 1.82) is 0 Å². The molecule has 1 heterocycles. The summed E-state index contributed by atoms with van der Waals surface area (Å²) in [5.41, 5.74) is -0.960. The molecule has 0 radical (unpaired) electrons. The predicted octanol–water partition coefficient (Wildman–Crippen LogP) is 1.75. The fourth-order valence-corrected chi connectivity index (χ4v) is 1.55. The summed E-state index contributed by atoms with van der Waals surface area (Å²) in [6.07, 6.45) is 1.63. The largest absolute Gasteiger partial charge is 0.480 e. The summed E-state index contributed by atoms with van der Waals surface area (Å²) < 4.78 is 1.66. The third kappa shape index (κ3) is 3.00. The minimum atomic E-state index is -1.31. The van der Waals surface area contributed by atoms with E-state index in [1.807, 2.05) is 6.92 Å². The summed E-state index contributed by atoms with van der Waals surface area (Å²) >= 11 is 5.81. The van der Waals surface area contributed by atoms with Crippen LogP contribution in [0.3, 0.4) is 0 Å². The molecule has 0 saturated heterocycles.